The molecule has 2 aromatic heterocycles. The standard InChI is InChI=1S/C26H25ClN4O3/c1-3-16-33-21-11-13-22(14-12-21)34-26-19(8-7-15-28-26)17-29-25(32)23-18(2)30-31(24(23)27)20-9-5-4-6-10-20/h4-15H,3,16-17H2,1-2H3,(H,29,32). The van der Waals surface area contributed by atoms with Crippen molar-refractivity contribution in [2.75, 3.05) is 6.61 Å². The number of halogens is 1. The van der Waals surface area contributed by atoms with Crippen molar-refractivity contribution in [2.45, 2.75) is 26.8 Å². The van der Waals surface area contributed by atoms with Crippen LogP contribution in [0.4, 0.5) is 0 Å². The molecule has 2 aromatic carbocycles. The quantitative estimate of drug-likeness (QED) is 0.333. The van der Waals surface area contributed by atoms with Gasteiger partial charge >= 0.3 is 0 Å². The summed E-state index contributed by atoms with van der Waals surface area (Å²) < 4.78 is 13.1. The summed E-state index contributed by atoms with van der Waals surface area (Å²) in [6.45, 7) is 4.69. The molecule has 0 bridgehead atoms. The van der Waals surface area contributed by atoms with E-state index in [2.05, 4.69) is 22.3 Å². The van der Waals surface area contributed by atoms with Gasteiger partial charge in [0.05, 0.1) is 23.6 Å². The minimum absolute atomic E-state index is 0.214. The first-order valence-corrected chi connectivity index (χ1v) is 11.4. The van der Waals surface area contributed by atoms with Gasteiger partial charge in [-0.15, -0.1) is 0 Å². The molecule has 0 unspecified atom stereocenters. The molecule has 1 N–H and O–H groups in total. The Bertz CT molecular complexity index is 1260. The van der Waals surface area contributed by atoms with Crippen molar-refractivity contribution >= 4 is 17.5 Å². The first-order chi connectivity index (χ1) is 16.6. The second-order valence-corrected chi connectivity index (χ2v) is 7.93. The fourth-order valence-electron chi connectivity index (χ4n) is 3.35. The molecule has 0 radical (unpaired) electrons. The third-order valence-corrected chi connectivity index (χ3v) is 5.38. The summed E-state index contributed by atoms with van der Waals surface area (Å²) in [5, 5.41) is 7.59. The molecular weight excluding hydrogens is 452 g/mol. The lowest BCUT2D eigenvalue weighted by Gasteiger charge is -2.11. The van der Waals surface area contributed by atoms with E-state index in [1.807, 2.05) is 60.7 Å². The molecule has 34 heavy (non-hydrogen) atoms. The summed E-state index contributed by atoms with van der Waals surface area (Å²) >= 11 is 6.52. The van der Waals surface area contributed by atoms with Crippen molar-refractivity contribution in [3.05, 3.63) is 94.9 Å². The summed E-state index contributed by atoms with van der Waals surface area (Å²) in [7, 11) is 0. The largest absolute Gasteiger partial charge is 0.494 e. The highest BCUT2D eigenvalue weighted by Crippen LogP contribution is 2.26. The number of hydrogen-bond donors (Lipinski definition) is 1. The fourth-order valence-corrected chi connectivity index (χ4v) is 3.71. The second kappa shape index (κ2) is 10.9. The SMILES string of the molecule is CCCOc1ccc(Oc2ncccc2CNC(=O)c2c(C)nn(-c3ccccc3)c2Cl)cc1. The zero-order valence-electron chi connectivity index (χ0n) is 19.0. The topological polar surface area (TPSA) is 78.3 Å². The molecule has 7 nitrogen and oxygen atoms in total. The number of para-hydroxylation sites is 1. The van der Waals surface area contributed by atoms with Gasteiger partial charge in [-0.05, 0) is 55.8 Å². The third kappa shape index (κ3) is 5.38. The Morgan fingerprint density at radius 1 is 1.03 bits per heavy atom. The number of nitrogens with one attached hydrogen (secondary N) is 1. The number of hydrogen-bond acceptors (Lipinski definition) is 5. The van der Waals surface area contributed by atoms with Crippen molar-refractivity contribution in [3.63, 3.8) is 0 Å². The molecule has 0 aliphatic rings. The van der Waals surface area contributed by atoms with Crippen LogP contribution in [0.3, 0.4) is 0 Å². The molecule has 0 saturated heterocycles. The Kier molecular flexibility index (Phi) is 7.44. The molecule has 4 aromatic rings. The molecule has 0 aliphatic heterocycles. The van der Waals surface area contributed by atoms with Gasteiger partial charge in [0.25, 0.3) is 5.91 Å². The number of aromatic nitrogens is 3. The van der Waals surface area contributed by atoms with E-state index >= 15 is 0 Å². The summed E-state index contributed by atoms with van der Waals surface area (Å²) in [4.78, 5) is 17.3. The van der Waals surface area contributed by atoms with Crippen molar-refractivity contribution < 1.29 is 14.3 Å². The van der Waals surface area contributed by atoms with Gasteiger partial charge in [0.15, 0.2) is 0 Å². The van der Waals surface area contributed by atoms with Gasteiger partial charge in [-0.1, -0.05) is 42.8 Å². The molecular formula is C26H25ClN4O3. The first kappa shape index (κ1) is 23.3. The average Bonchev–Trinajstić information content (AvgIpc) is 3.17. The van der Waals surface area contributed by atoms with Gasteiger partial charge < -0.3 is 14.8 Å². The Balaban J connectivity index is 1.46. The maximum absolute atomic E-state index is 13.0. The number of amides is 1. The minimum Gasteiger partial charge on any atom is -0.494 e. The van der Waals surface area contributed by atoms with E-state index in [9.17, 15) is 4.79 Å². The highest BCUT2D eigenvalue weighted by atomic mass is 35.5. The summed E-state index contributed by atoms with van der Waals surface area (Å²) in [6.07, 6.45) is 2.59. The van der Waals surface area contributed by atoms with Crippen LogP contribution in [-0.4, -0.2) is 27.3 Å². The van der Waals surface area contributed by atoms with Gasteiger partial charge in [-0.3, -0.25) is 4.79 Å². The van der Waals surface area contributed by atoms with E-state index < -0.39 is 0 Å². The number of pyridine rings is 1. The molecule has 0 atom stereocenters. The number of carbonyl (C=O) groups is 1. The van der Waals surface area contributed by atoms with E-state index in [1.165, 1.54) is 0 Å². The smallest absolute Gasteiger partial charge is 0.256 e. The van der Waals surface area contributed by atoms with Crippen molar-refractivity contribution in [3.8, 4) is 23.1 Å². The predicted octanol–water partition coefficient (Wildman–Crippen LogP) is 5.74. The number of benzene rings is 2. The first-order valence-electron chi connectivity index (χ1n) is 11.0. The minimum atomic E-state index is -0.322. The van der Waals surface area contributed by atoms with Crippen LogP contribution in [0, 0.1) is 6.92 Å². The summed E-state index contributed by atoms with van der Waals surface area (Å²) in [5.74, 6) is 1.49. The number of aryl methyl sites for hydroxylation is 1. The maximum atomic E-state index is 13.0. The maximum Gasteiger partial charge on any atom is 0.256 e. The lowest BCUT2D eigenvalue weighted by molar-refractivity contribution is 0.0950. The van der Waals surface area contributed by atoms with Crippen LogP contribution in [0.5, 0.6) is 17.4 Å². The highest BCUT2D eigenvalue weighted by Gasteiger charge is 2.21. The van der Waals surface area contributed by atoms with E-state index in [1.54, 1.807) is 23.9 Å². The van der Waals surface area contributed by atoms with Crippen molar-refractivity contribution in [1.82, 2.24) is 20.1 Å². The third-order valence-electron chi connectivity index (χ3n) is 5.03. The van der Waals surface area contributed by atoms with E-state index in [4.69, 9.17) is 21.1 Å². The molecule has 2 heterocycles. The van der Waals surface area contributed by atoms with Crippen LogP contribution < -0.4 is 14.8 Å². The normalized spacial score (nSPS) is 10.7. The van der Waals surface area contributed by atoms with Gasteiger partial charge in [0.2, 0.25) is 5.88 Å². The predicted molar refractivity (Wildman–Crippen MR) is 131 cm³/mol. The second-order valence-electron chi connectivity index (χ2n) is 7.57. The van der Waals surface area contributed by atoms with E-state index in [0.717, 1.165) is 23.4 Å². The molecule has 8 heteroatoms. The van der Waals surface area contributed by atoms with Crippen molar-refractivity contribution in [1.29, 1.82) is 0 Å². The van der Waals surface area contributed by atoms with Crippen LogP contribution >= 0.6 is 11.6 Å². The number of nitrogens with zero attached hydrogens (tertiary/aromatic N) is 3. The number of carbonyl (C=O) groups excluding carboxylic acids is 1. The van der Waals surface area contributed by atoms with Gasteiger partial charge in [0, 0.05) is 18.3 Å². The lowest BCUT2D eigenvalue weighted by atomic mass is 10.2. The fraction of sp³-hybridized carbons (Fsp3) is 0.192. The molecule has 0 saturated carbocycles. The van der Waals surface area contributed by atoms with Gasteiger partial charge in [-0.25, -0.2) is 9.67 Å². The van der Waals surface area contributed by atoms with E-state index in [0.29, 0.717) is 29.5 Å². The molecule has 1 amide bonds. The molecule has 0 spiro atoms. The van der Waals surface area contributed by atoms with Crippen molar-refractivity contribution in [2.24, 2.45) is 0 Å². The highest BCUT2D eigenvalue weighted by molar-refractivity contribution is 6.33. The Morgan fingerprint density at radius 2 is 1.76 bits per heavy atom. The Morgan fingerprint density at radius 3 is 2.50 bits per heavy atom. The van der Waals surface area contributed by atoms with Crippen LogP contribution in [-0.2, 0) is 6.54 Å². The molecule has 4 rings (SSSR count). The lowest BCUT2D eigenvalue weighted by Crippen LogP contribution is -2.24. The van der Waals surface area contributed by atoms with Gasteiger partial charge in [0.1, 0.15) is 16.7 Å². The Hall–Kier alpha value is -3.84. The zero-order valence-corrected chi connectivity index (χ0v) is 19.7. The Labute approximate surface area is 203 Å². The van der Waals surface area contributed by atoms with Crippen LogP contribution in [0.15, 0.2) is 72.9 Å². The molecule has 0 aliphatic carbocycles. The number of rotatable bonds is 9. The summed E-state index contributed by atoms with van der Waals surface area (Å²) in [5.41, 5.74) is 2.38. The number of ether oxygens (including phenoxy) is 2. The van der Waals surface area contributed by atoms with Crippen LogP contribution in [0.25, 0.3) is 5.69 Å². The monoisotopic (exact) mass is 476 g/mol. The zero-order chi connectivity index (χ0) is 23.9. The van der Waals surface area contributed by atoms with Crippen LogP contribution in [0.1, 0.15) is 35.0 Å². The van der Waals surface area contributed by atoms with Crippen LogP contribution in [0.2, 0.25) is 5.15 Å². The van der Waals surface area contributed by atoms with Gasteiger partial charge in [-0.2, -0.15) is 5.10 Å². The van der Waals surface area contributed by atoms with E-state index in [-0.39, 0.29) is 17.6 Å². The summed E-state index contributed by atoms with van der Waals surface area (Å²) in [6, 6.07) is 20.4. The average molecular weight is 477 g/mol. The molecule has 174 valence electrons. The molecule has 0 fully saturated rings.